The highest BCUT2D eigenvalue weighted by molar-refractivity contribution is 5.97. The topological polar surface area (TPSA) is 65.9 Å². The van der Waals surface area contributed by atoms with E-state index in [9.17, 15) is 4.79 Å². The molecule has 0 amide bonds. The number of hydrogen-bond acceptors (Lipinski definition) is 3. The van der Waals surface area contributed by atoms with Crippen LogP contribution in [0.5, 0.6) is 0 Å². The number of carbonyl (C=O) groups excluding carboxylic acids is 1. The van der Waals surface area contributed by atoms with Crippen LogP contribution in [-0.4, -0.2) is 17.6 Å². The summed E-state index contributed by atoms with van der Waals surface area (Å²) in [6, 6.07) is 1.86. The van der Waals surface area contributed by atoms with Gasteiger partial charge < -0.3 is 9.72 Å². The number of hydrogen-bond donors (Lipinski definition) is 1. The Kier molecular flexibility index (Phi) is 4.11. The third kappa shape index (κ3) is 2.76. The molecule has 0 radical (unpaired) electrons. The second-order valence-corrected chi connectivity index (χ2v) is 3.80. The van der Waals surface area contributed by atoms with Crippen LogP contribution < -0.4 is 0 Å². The summed E-state index contributed by atoms with van der Waals surface area (Å²) in [7, 11) is 0. The van der Waals surface area contributed by atoms with Gasteiger partial charge in [0.2, 0.25) is 0 Å². The minimum Gasteiger partial charge on any atom is -0.462 e. The molecule has 1 aromatic heterocycles. The molecule has 0 spiro atoms. The fourth-order valence-electron chi connectivity index (χ4n) is 1.51. The largest absolute Gasteiger partial charge is 0.462 e. The number of rotatable bonds is 3. The average Bonchev–Trinajstić information content (AvgIpc) is 2.54. The summed E-state index contributed by atoms with van der Waals surface area (Å²) in [4.78, 5) is 14.6. The van der Waals surface area contributed by atoms with Crippen molar-refractivity contribution in [1.82, 2.24) is 4.98 Å². The molecule has 17 heavy (non-hydrogen) atoms. The molecule has 1 N–H and O–H groups in total. The van der Waals surface area contributed by atoms with E-state index in [1.54, 1.807) is 6.92 Å². The van der Waals surface area contributed by atoms with Crippen LogP contribution in [-0.2, 0) is 9.53 Å². The number of aromatic amines is 1. The third-order valence-corrected chi connectivity index (χ3v) is 2.76. The van der Waals surface area contributed by atoms with Crippen LogP contribution >= 0.6 is 0 Å². The maximum absolute atomic E-state index is 11.5. The Morgan fingerprint density at radius 2 is 2.06 bits per heavy atom. The summed E-state index contributed by atoms with van der Waals surface area (Å²) in [5, 5.41) is 8.92. The molecule has 4 nitrogen and oxygen atoms in total. The number of nitriles is 1. The Morgan fingerprint density at radius 3 is 2.47 bits per heavy atom. The molecule has 0 aliphatic heterocycles. The van der Waals surface area contributed by atoms with Crippen molar-refractivity contribution in [3.8, 4) is 6.07 Å². The Bertz CT molecular complexity index is 504. The molecule has 4 heteroatoms. The van der Waals surface area contributed by atoms with Crippen LogP contribution in [0.3, 0.4) is 0 Å². The highest BCUT2D eigenvalue weighted by Gasteiger charge is 2.12. The first kappa shape index (κ1) is 13.0. The van der Waals surface area contributed by atoms with Gasteiger partial charge in [-0.1, -0.05) is 0 Å². The van der Waals surface area contributed by atoms with Gasteiger partial charge in [-0.05, 0) is 44.9 Å². The van der Waals surface area contributed by atoms with E-state index in [2.05, 4.69) is 4.98 Å². The van der Waals surface area contributed by atoms with Gasteiger partial charge in [0.25, 0.3) is 0 Å². The van der Waals surface area contributed by atoms with Gasteiger partial charge in [-0.2, -0.15) is 5.26 Å². The van der Waals surface area contributed by atoms with E-state index in [1.807, 2.05) is 26.8 Å². The van der Waals surface area contributed by atoms with E-state index in [0.717, 1.165) is 22.5 Å². The lowest BCUT2D eigenvalue weighted by Gasteiger charge is -1.99. The SMILES string of the molecule is CCOC(=O)C(C#N)=Cc1[nH]c(C)c(C)c1C. The molecule has 0 aromatic carbocycles. The molecule has 1 rings (SSSR count). The van der Waals surface area contributed by atoms with Gasteiger partial charge in [-0.25, -0.2) is 4.79 Å². The number of aryl methyl sites for hydroxylation is 1. The zero-order valence-electron chi connectivity index (χ0n) is 10.5. The number of H-pyrrole nitrogens is 1. The normalized spacial score (nSPS) is 11.1. The first-order valence-corrected chi connectivity index (χ1v) is 5.45. The quantitative estimate of drug-likeness (QED) is 0.494. The monoisotopic (exact) mass is 232 g/mol. The number of esters is 1. The second-order valence-electron chi connectivity index (χ2n) is 3.80. The highest BCUT2D eigenvalue weighted by Crippen LogP contribution is 2.19. The number of carbonyl (C=O) groups is 1. The van der Waals surface area contributed by atoms with Crippen molar-refractivity contribution < 1.29 is 9.53 Å². The fourth-order valence-corrected chi connectivity index (χ4v) is 1.51. The zero-order valence-corrected chi connectivity index (χ0v) is 10.5. The van der Waals surface area contributed by atoms with Gasteiger partial charge in [0, 0.05) is 11.4 Å². The van der Waals surface area contributed by atoms with Crippen LogP contribution in [0.1, 0.15) is 29.4 Å². The first-order chi connectivity index (χ1) is 8.01. The number of ether oxygens (including phenoxy) is 1. The third-order valence-electron chi connectivity index (χ3n) is 2.76. The van der Waals surface area contributed by atoms with Gasteiger partial charge >= 0.3 is 5.97 Å². The molecule has 0 fully saturated rings. The lowest BCUT2D eigenvalue weighted by molar-refractivity contribution is -0.137. The van der Waals surface area contributed by atoms with Gasteiger partial charge in [0.15, 0.2) is 0 Å². The van der Waals surface area contributed by atoms with Gasteiger partial charge in [-0.15, -0.1) is 0 Å². The summed E-state index contributed by atoms with van der Waals surface area (Å²) < 4.78 is 4.80. The van der Waals surface area contributed by atoms with E-state index in [-0.39, 0.29) is 12.2 Å². The van der Waals surface area contributed by atoms with Crippen molar-refractivity contribution >= 4 is 12.0 Å². The zero-order chi connectivity index (χ0) is 13.0. The number of nitrogens with one attached hydrogen (secondary N) is 1. The van der Waals surface area contributed by atoms with Crippen LogP contribution in [0.4, 0.5) is 0 Å². The van der Waals surface area contributed by atoms with Crippen molar-refractivity contribution in [2.45, 2.75) is 27.7 Å². The standard InChI is InChI=1S/C13H16N2O2/c1-5-17-13(16)11(7-14)6-12-9(3)8(2)10(4)15-12/h6,15H,5H2,1-4H3. The van der Waals surface area contributed by atoms with Crippen LogP contribution in [0, 0.1) is 32.1 Å². The molecule has 1 aromatic rings. The lowest BCUT2D eigenvalue weighted by atomic mass is 10.1. The Labute approximate surface area is 101 Å². The molecule has 0 unspecified atom stereocenters. The van der Waals surface area contributed by atoms with E-state index in [0.29, 0.717) is 0 Å². The molecule has 0 atom stereocenters. The van der Waals surface area contributed by atoms with Crippen molar-refractivity contribution in [2.24, 2.45) is 0 Å². The molecule has 0 saturated heterocycles. The smallest absolute Gasteiger partial charge is 0.348 e. The van der Waals surface area contributed by atoms with Crippen molar-refractivity contribution in [1.29, 1.82) is 5.26 Å². The van der Waals surface area contributed by atoms with Crippen molar-refractivity contribution in [3.05, 3.63) is 28.1 Å². The second kappa shape index (κ2) is 5.35. The molecular weight excluding hydrogens is 216 g/mol. The maximum atomic E-state index is 11.5. The summed E-state index contributed by atoms with van der Waals surface area (Å²) >= 11 is 0. The maximum Gasteiger partial charge on any atom is 0.348 e. The summed E-state index contributed by atoms with van der Waals surface area (Å²) in [5.74, 6) is -0.584. The predicted molar refractivity (Wildman–Crippen MR) is 65.2 cm³/mol. The highest BCUT2D eigenvalue weighted by atomic mass is 16.5. The minimum atomic E-state index is -0.584. The van der Waals surface area contributed by atoms with Gasteiger partial charge in [-0.3, -0.25) is 0 Å². The molecule has 0 bridgehead atoms. The Balaban J connectivity index is 3.12. The van der Waals surface area contributed by atoms with E-state index in [1.165, 1.54) is 6.08 Å². The van der Waals surface area contributed by atoms with Crippen molar-refractivity contribution in [2.75, 3.05) is 6.61 Å². The van der Waals surface area contributed by atoms with Crippen LogP contribution in [0.15, 0.2) is 5.57 Å². The van der Waals surface area contributed by atoms with E-state index >= 15 is 0 Å². The molecule has 90 valence electrons. The number of aromatic nitrogens is 1. The summed E-state index contributed by atoms with van der Waals surface area (Å²) in [6.07, 6.45) is 1.54. The van der Waals surface area contributed by atoms with Crippen LogP contribution in [0.2, 0.25) is 0 Å². The first-order valence-electron chi connectivity index (χ1n) is 5.45. The Morgan fingerprint density at radius 1 is 1.41 bits per heavy atom. The van der Waals surface area contributed by atoms with Gasteiger partial charge in [0.05, 0.1) is 6.61 Å². The summed E-state index contributed by atoms with van der Waals surface area (Å²) in [6.45, 7) is 7.87. The molecule has 1 heterocycles. The average molecular weight is 232 g/mol. The molecule has 0 saturated carbocycles. The van der Waals surface area contributed by atoms with Gasteiger partial charge in [0.1, 0.15) is 11.6 Å². The fraction of sp³-hybridized carbons (Fsp3) is 0.385. The lowest BCUT2D eigenvalue weighted by Crippen LogP contribution is -2.06. The Hall–Kier alpha value is -2.02. The molecule has 0 aliphatic carbocycles. The minimum absolute atomic E-state index is 0.0104. The predicted octanol–water partition coefficient (Wildman–Crippen LogP) is 2.41. The number of nitrogens with zero attached hydrogens (tertiary/aromatic N) is 1. The van der Waals surface area contributed by atoms with Crippen molar-refractivity contribution in [3.63, 3.8) is 0 Å². The van der Waals surface area contributed by atoms with Crippen LogP contribution in [0.25, 0.3) is 6.08 Å². The van der Waals surface area contributed by atoms with E-state index < -0.39 is 5.97 Å². The molecule has 0 aliphatic rings. The molecular formula is C13H16N2O2. The summed E-state index contributed by atoms with van der Waals surface area (Å²) in [5.41, 5.74) is 4.01. The van der Waals surface area contributed by atoms with E-state index in [4.69, 9.17) is 10.00 Å².